The molecule has 1 atom stereocenters. The molecule has 26 heavy (non-hydrogen) atoms. The van der Waals surface area contributed by atoms with E-state index in [1.807, 2.05) is 0 Å². The largest absolute Gasteiger partial charge is 0.428 e. The Balaban J connectivity index is 2.38. The summed E-state index contributed by atoms with van der Waals surface area (Å²) in [4.78, 5) is 47.6. The molecular weight excluding hydrogens is 376 g/mol. The average molecular weight is 405 g/mol. The summed E-state index contributed by atoms with van der Waals surface area (Å²) in [5.41, 5.74) is 0. The Bertz CT molecular complexity index is 526. The highest BCUT2D eigenvalue weighted by molar-refractivity contribution is 8.15. The van der Waals surface area contributed by atoms with E-state index < -0.39 is 22.8 Å². The summed E-state index contributed by atoms with van der Waals surface area (Å²) in [6, 6.07) is 0. The third-order valence-electron chi connectivity index (χ3n) is 4.55. The van der Waals surface area contributed by atoms with Crippen LogP contribution in [0.5, 0.6) is 0 Å². The molecule has 0 spiro atoms. The summed E-state index contributed by atoms with van der Waals surface area (Å²) < 4.78 is 8.88. The zero-order valence-corrected chi connectivity index (χ0v) is 17.3. The minimum absolute atomic E-state index is 0.0305. The van der Waals surface area contributed by atoms with E-state index in [0.29, 0.717) is 0 Å². The highest BCUT2D eigenvalue weighted by Crippen LogP contribution is 2.30. The first-order chi connectivity index (χ1) is 12.2. The molecule has 0 aliphatic heterocycles. The van der Waals surface area contributed by atoms with Crippen LogP contribution in [0.15, 0.2) is 0 Å². The quantitative estimate of drug-likeness (QED) is 0.355. The summed E-state index contributed by atoms with van der Waals surface area (Å²) in [5.74, 6) is -0.963. The Morgan fingerprint density at radius 3 is 2.27 bits per heavy atom. The maximum atomic E-state index is 12.4. The van der Waals surface area contributed by atoms with Gasteiger partial charge in [-0.15, -0.1) is 0 Å². The zero-order chi connectivity index (χ0) is 19.7. The van der Waals surface area contributed by atoms with Crippen LogP contribution in [0.3, 0.4) is 0 Å². The first kappa shape index (κ1) is 23.0. The molecule has 0 radical (unpaired) electrons. The normalized spacial score (nSPS) is 16.6. The van der Waals surface area contributed by atoms with Crippen molar-refractivity contribution in [2.24, 2.45) is 11.8 Å². The number of Topliss-reactive ketones (excluding diaryl/α,β-unsaturated/α-hetero) is 2. The molecule has 0 aromatic rings. The Morgan fingerprint density at radius 1 is 1.12 bits per heavy atom. The molecule has 148 valence electrons. The number of hydrogen-bond acceptors (Lipinski definition) is 8. The Labute approximate surface area is 164 Å². The predicted molar refractivity (Wildman–Crippen MR) is 103 cm³/mol. The monoisotopic (exact) mass is 404 g/mol. The number of hydrogen-bond donors (Lipinski definition) is 1. The standard InChI is InChI=1S/C18H28O6S2/c1-12(19)14(10-25)9-15(20)18(2,3)26-17(22)24-11-23-16(21)13-7-5-4-6-8-13/h13-14,25H,4-11H2,1-3H3/t14-/m0/s1. The van der Waals surface area contributed by atoms with Gasteiger partial charge in [0.2, 0.25) is 6.79 Å². The van der Waals surface area contributed by atoms with E-state index in [-0.39, 0.29) is 35.6 Å². The van der Waals surface area contributed by atoms with Crippen LogP contribution in [0.25, 0.3) is 0 Å². The number of ketones is 2. The fraction of sp³-hybridized carbons (Fsp3) is 0.778. The molecule has 0 bridgehead atoms. The van der Waals surface area contributed by atoms with Crippen LogP contribution >= 0.6 is 24.4 Å². The van der Waals surface area contributed by atoms with E-state index in [4.69, 9.17) is 9.47 Å². The van der Waals surface area contributed by atoms with Gasteiger partial charge in [-0.25, -0.2) is 4.79 Å². The van der Waals surface area contributed by atoms with Gasteiger partial charge in [0.05, 0.1) is 10.7 Å². The first-order valence-electron chi connectivity index (χ1n) is 8.84. The van der Waals surface area contributed by atoms with Crippen molar-refractivity contribution in [3.63, 3.8) is 0 Å². The van der Waals surface area contributed by atoms with E-state index in [0.717, 1.165) is 43.9 Å². The summed E-state index contributed by atoms with van der Waals surface area (Å²) in [6.45, 7) is 4.18. The Hall–Kier alpha value is -1.02. The summed E-state index contributed by atoms with van der Waals surface area (Å²) >= 11 is 4.81. The van der Waals surface area contributed by atoms with E-state index in [2.05, 4.69) is 12.6 Å². The third-order valence-corrected chi connectivity index (χ3v) is 6.02. The van der Waals surface area contributed by atoms with Gasteiger partial charge < -0.3 is 9.47 Å². The van der Waals surface area contributed by atoms with E-state index in [9.17, 15) is 19.2 Å². The smallest absolute Gasteiger partial charge is 0.371 e. The van der Waals surface area contributed by atoms with Crippen LogP contribution in [-0.4, -0.2) is 40.1 Å². The molecule has 1 saturated carbocycles. The van der Waals surface area contributed by atoms with Crippen molar-refractivity contribution >= 4 is 47.2 Å². The molecule has 1 aliphatic carbocycles. The van der Waals surface area contributed by atoms with Crippen LogP contribution in [0.2, 0.25) is 0 Å². The van der Waals surface area contributed by atoms with Crippen LogP contribution in [-0.2, 0) is 23.9 Å². The van der Waals surface area contributed by atoms with Gasteiger partial charge in [-0.05, 0) is 45.4 Å². The van der Waals surface area contributed by atoms with Crippen LogP contribution in [0.4, 0.5) is 4.79 Å². The summed E-state index contributed by atoms with van der Waals surface area (Å²) in [7, 11) is 0. The maximum absolute atomic E-state index is 12.4. The van der Waals surface area contributed by atoms with Gasteiger partial charge in [0.1, 0.15) is 11.6 Å². The van der Waals surface area contributed by atoms with E-state index in [1.165, 1.54) is 6.92 Å². The topological polar surface area (TPSA) is 86.7 Å². The molecule has 0 aromatic heterocycles. The van der Waals surface area contributed by atoms with Crippen molar-refractivity contribution in [3.8, 4) is 0 Å². The van der Waals surface area contributed by atoms with E-state index >= 15 is 0 Å². The Kier molecular flexibility index (Phi) is 9.71. The highest BCUT2D eigenvalue weighted by Gasteiger charge is 2.34. The van der Waals surface area contributed by atoms with Crippen molar-refractivity contribution in [1.82, 2.24) is 0 Å². The number of carbonyl (C=O) groups is 4. The number of ether oxygens (including phenoxy) is 2. The molecule has 1 aliphatic rings. The second-order valence-electron chi connectivity index (χ2n) is 7.04. The Morgan fingerprint density at radius 2 is 1.73 bits per heavy atom. The number of carbonyl (C=O) groups excluding carboxylic acids is 4. The van der Waals surface area contributed by atoms with Gasteiger partial charge >= 0.3 is 11.3 Å². The molecule has 8 heteroatoms. The molecule has 1 fully saturated rings. The van der Waals surface area contributed by atoms with Crippen LogP contribution in [0.1, 0.15) is 59.3 Å². The molecule has 0 unspecified atom stereocenters. The average Bonchev–Trinajstić information content (AvgIpc) is 2.59. The maximum Gasteiger partial charge on any atom is 0.371 e. The third kappa shape index (κ3) is 7.70. The molecule has 0 heterocycles. The fourth-order valence-electron chi connectivity index (χ4n) is 2.69. The molecule has 0 saturated heterocycles. The van der Waals surface area contributed by atoms with Crippen molar-refractivity contribution in [1.29, 1.82) is 0 Å². The zero-order valence-electron chi connectivity index (χ0n) is 15.6. The molecule has 1 rings (SSSR count). The molecule has 0 aromatic carbocycles. The van der Waals surface area contributed by atoms with Gasteiger partial charge in [0.15, 0.2) is 0 Å². The molecular formula is C18H28O6S2. The highest BCUT2D eigenvalue weighted by atomic mass is 32.2. The minimum Gasteiger partial charge on any atom is -0.428 e. The first-order valence-corrected chi connectivity index (χ1v) is 10.3. The second kappa shape index (κ2) is 11.0. The van der Waals surface area contributed by atoms with Crippen molar-refractivity contribution in [3.05, 3.63) is 0 Å². The van der Waals surface area contributed by atoms with Gasteiger partial charge in [0.25, 0.3) is 0 Å². The van der Waals surface area contributed by atoms with Crippen molar-refractivity contribution in [2.75, 3.05) is 12.5 Å². The lowest BCUT2D eigenvalue weighted by Gasteiger charge is -2.23. The van der Waals surface area contributed by atoms with Gasteiger partial charge in [0, 0.05) is 18.1 Å². The minimum atomic E-state index is -1.04. The molecule has 6 nitrogen and oxygen atoms in total. The number of thioether (sulfide) groups is 1. The fourth-order valence-corrected chi connectivity index (χ4v) is 3.80. The number of thiol groups is 1. The van der Waals surface area contributed by atoms with Gasteiger partial charge in [-0.1, -0.05) is 19.3 Å². The van der Waals surface area contributed by atoms with Crippen LogP contribution in [0, 0.1) is 11.8 Å². The SMILES string of the molecule is CC(=O)[C@H](CS)CC(=O)C(C)(C)SC(=O)OCOC(=O)C1CCCCC1. The van der Waals surface area contributed by atoms with Crippen molar-refractivity contribution < 1.29 is 28.7 Å². The second-order valence-corrected chi connectivity index (χ2v) is 8.96. The lowest BCUT2D eigenvalue weighted by Crippen LogP contribution is -2.33. The number of rotatable bonds is 9. The van der Waals surface area contributed by atoms with Gasteiger partial charge in [-0.2, -0.15) is 12.6 Å². The number of esters is 1. The van der Waals surface area contributed by atoms with Crippen LogP contribution < -0.4 is 0 Å². The van der Waals surface area contributed by atoms with E-state index in [1.54, 1.807) is 13.8 Å². The van der Waals surface area contributed by atoms with Crippen molar-refractivity contribution in [2.45, 2.75) is 64.0 Å². The summed E-state index contributed by atoms with van der Waals surface area (Å²) in [6.07, 6.45) is 4.81. The van der Waals surface area contributed by atoms with Gasteiger partial charge in [-0.3, -0.25) is 14.4 Å². The predicted octanol–water partition coefficient (Wildman–Crippen LogP) is 3.81. The lowest BCUT2D eigenvalue weighted by atomic mass is 9.89. The molecule has 0 amide bonds. The lowest BCUT2D eigenvalue weighted by molar-refractivity contribution is -0.157. The molecule has 0 N–H and O–H groups in total. The summed E-state index contributed by atoms with van der Waals surface area (Å²) in [5, 5.41) is -0.690.